The lowest BCUT2D eigenvalue weighted by molar-refractivity contribution is -0.132. The molecular weight excluding hydrogens is 662 g/mol. The molecule has 0 aliphatic carbocycles. The first-order chi connectivity index (χ1) is 25.1. The number of anilines is 1. The van der Waals surface area contributed by atoms with Crippen LogP contribution in [0.3, 0.4) is 0 Å². The van der Waals surface area contributed by atoms with Crippen molar-refractivity contribution in [3.05, 3.63) is 131 Å². The Balaban J connectivity index is 1.28. The number of nitrogens with one attached hydrogen (secondary N) is 3. The highest BCUT2D eigenvalue weighted by atomic mass is 16.5. The van der Waals surface area contributed by atoms with Crippen LogP contribution in [-0.2, 0) is 30.4 Å². The van der Waals surface area contributed by atoms with E-state index in [0.29, 0.717) is 46.5 Å². The molecule has 5 rings (SSSR count). The van der Waals surface area contributed by atoms with E-state index in [1.54, 1.807) is 97.1 Å². The van der Waals surface area contributed by atoms with Crippen molar-refractivity contribution in [1.29, 1.82) is 0 Å². The summed E-state index contributed by atoms with van der Waals surface area (Å²) in [6.45, 7) is 1.43. The highest BCUT2D eigenvalue weighted by Crippen LogP contribution is 2.37. The molecule has 0 spiro atoms. The second kappa shape index (κ2) is 17.6. The standard InChI is InChI=1S/C40H41N5O7/c1-26(43-34(47)24-27-19-21-29(22-20-27)37(49)28-12-4-2-5-13-28)39(50)44-36-38(30-14-6-3-7-15-30)52-32-17-9-8-16-31(32)45(40(36)51)25-35(48)42-23-11-10-18-33(41)46/h2-9,12-17,19-22,26,36,38H,10-11,18,23-25H2,1H3,(H2,41,46)(H,42,48)(H,43,47)(H,44,50)/t26-,36+,38-/m0/s1. The van der Waals surface area contributed by atoms with Crippen LogP contribution in [-0.4, -0.2) is 60.5 Å². The quantitative estimate of drug-likeness (QED) is 0.108. The molecule has 0 aromatic heterocycles. The van der Waals surface area contributed by atoms with Gasteiger partial charge in [0.15, 0.2) is 11.9 Å². The zero-order valence-electron chi connectivity index (χ0n) is 28.7. The van der Waals surface area contributed by atoms with Crippen LogP contribution in [0.5, 0.6) is 5.75 Å². The molecule has 0 saturated carbocycles. The highest BCUT2D eigenvalue weighted by Gasteiger charge is 2.41. The molecule has 5 amide bonds. The zero-order chi connectivity index (χ0) is 37.0. The van der Waals surface area contributed by atoms with Gasteiger partial charge in [0.2, 0.25) is 23.6 Å². The first kappa shape index (κ1) is 37.0. The minimum absolute atomic E-state index is 0.0454. The van der Waals surface area contributed by atoms with Gasteiger partial charge in [-0.2, -0.15) is 0 Å². The van der Waals surface area contributed by atoms with Gasteiger partial charge in [0, 0.05) is 24.1 Å². The summed E-state index contributed by atoms with van der Waals surface area (Å²) in [5, 5.41) is 8.25. The first-order valence-corrected chi connectivity index (χ1v) is 17.1. The molecule has 4 aromatic carbocycles. The molecule has 52 heavy (non-hydrogen) atoms. The van der Waals surface area contributed by atoms with Crippen molar-refractivity contribution in [3.8, 4) is 5.75 Å². The lowest BCUT2D eigenvalue weighted by Gasteiger charge is -2.29. The Hall–Kier alpha value is -6.30. The van der Waals surface area contributed by atoms with Crippen LogP contribution >= 0.6 is 0 Å². The number of hydrogen-bond donors (Lipinski definition) is 4. The van der Waals surface area contributed by atoms with E-state index in [9.17, 15) is 28.8 Å². The van der Waals surface area contributed by atoms with Gasteiger partial charge in [0.05, 0.1) is 12.1 Å². The van der Waals surface area contributed by atoms with E-state index < -0.39 is 47.7 Å². The smallest absolute Gasteiger partial charge is 0.254 e. The van der Waals surface area contributed by atoms with Gasteiger partial charge in [-0.1, -0.05) is 97.1 Å². The first-order valence-electron chi connectivity index (χ1n) is 17.1. The molecule has 4 aromatic rings. The molecule has 1 aliphatic rings. The van der Waals surface area contributed by atoms with Crippen LogP contribution in [0.15, 0.2) is 109 Å². The molecule has 1 heterocycles. The van der Waals surface area contributed by atoms with E-state index in [0.717, 1.165) is 0 Å². The Morgan fingerprint density at radius 1 is 0.788 bits per heavy atom. The van der Waals surface area contributed by atoms with Crippen LogP contribution in [0.2, 0.25) is 0 Å². The lowest BCUT2D eigenvalue weighted by atomic mass is 10.0. The monoisotopic (exact) mass is 703 g/mol. The molecule has 268 valence electrons. The van der Waals surface area contributed by atoms with Gasteiger partial charge in [-0.15, -0.1) is 0 Å². The number of nitrogens with zero attached hydrogens (tertiary/aromatic N) is 1. The third-order valence-electron chi connectivity index (χ3n) is 8.53. The van der Waals surface area contributed by atoms with Crippen LogP contribution in [0, 0.1) is 0 Å². The summed E-state index contributed by atoms with van der Waals surface area (Å²) in [4.78, 5) is 79.1. The molecule has 5 N–H and O–H groups in total. The Morgan fingerprint density at radius 2 is 1.42 bits per heavy atom. The van der Waals surface area contributed by atoms with Crippen molar-refractivity contribution in [2.24, 2.45) is 5.73 Å². The van der Waals surface area contributed by atoms with Crippen molar-refractivity contribution in [1.82, 2.24) is 16.0 Å². The predicted molar refractivity (Wildman–Crippen MR) is 194 cm³/mol. The van der Waals surface area contributed by atoms with Crippen molar-refractivity contribution < 1.29 is 33.5 Å². The third-order valence-corrected chi connectivity index (χ3v) is 8.53. The van der Waals surface area contributed by atoms with Crippen molar-refractivity contribution in [2.75, 3.05) is 18.0 Å². The van der Waals surface area contributed by atoms with E-state index in [1.165, 1.54) is 11.8 Å². The fourth-order valence-corrected chi connectivity index (χ4v) is 5.81. The molecular formula is C40H41N5O7. The molecule has 3 atom stereocenters. The number of carbonyl (C=O) groups is 6. The van der Waals surface area contributed by atoms with Gasteiger partial charge in [0.25, 0.3) is 5.91 Å². The largest absolute Gasteiger partial charge is 0.481 e. The van der Waals surface area contributed by atoms with Crippen molar-refractivity contribution >= 4 is 41.0 Å². The number of benzene rings is 4. The van der Waals surface area contributed by atoms with Gasteiger partial charge in [-0.05, 0) is 43.0 Å². The van der Waals surface area contributed by atoms with Gasteiger partial charge >= 0.3 is 0 Å². The highest BCUT2D eigenvalue weighted by molar-refractivity contribution is 6.09. The number of para-hydroxylation sites is 2. The minimum atomic E-state index is -1.28. The summed E-state index contributed by atoms with van der Waals surface area (Å²) in [7, 11) is 0. The Labute approximate surface area is 301 Å². The average molecular weight is 704 g/mol. The van der Waals surface area contributed by atoms with Crippen molar-refractivity contribution in [2.45, 2.75) is 50.8 Å². The number of unbranched alkanes of at least 4 members (excludes halogenated alkanes) is 1. The van der Waals surface area contributed by atoms with Crippen LogP contribution < -0.4 is 31.3 Å². The third kappa shape index (κ3) is 9.69. The summed E-state index contributed by atoms with van der Waals surface area (Å²) in [5.41, 5.74) is 7.85. The number of primary amides is 1. The fraction of sp³-hybridized carbons (Fsp3) is 0.250. The summed E-state index contributed by atoms with van der Waals surface area (Å²) in [6.07, 6.45) is 0.228. The molecule has 0 unspecified atom stereocenters. The summed E-state index contributed by atoms with van der Waals surface area (Å²) >= 11 is 0. The average Bonchev–Trinajstić information content (AvgIpc) is 3.26. The minimum Gasteiger partial charge on any atom is -0.481 e. The normalized spacial score (nSPS) is 15.6. The number of ether oxygens (including phenoxy) is 1. The van der Waals surface area contributed by atoms with E-state index in [2.05, 4.69) is 16.0 Å². The van der Waals surface area contributed by atoms with Gasteiger partial charge in [-0.3, -0.25) is 33.7 Å². The van der Waals surface area contributed by atoms with Crippen LogP contribution in [0.1, 0.15) is 59.3 Å². The second-order valence-electron chi connectivity index (χ2n) is 12.5. The topological polar surface area (TPSA) is 177 Å². The van der Waals surface area contributed by atoms with E-state index in [4.69, 9.17) is 10.5 Å². The second-order valence-corrected chi connectivity index (χ2v) is 12.5. The number of ketones is 1. The summed E-state index contributed by atoms with van der Waals surface area (Å²) < 4.78 is 6.40. The number of fused-ring (bicyclic) bond motifs is 1. The van der Waals surface area contributed by atoms with E-state index in [-0.39, 0.29) is 31.7 Å². The molecule has 1 aliphatic heterocycles. The molecule has 0 saturated heterocycles. The number of rotatable bonds is 15. The maximum atomic E-state index is 14.4. The number of amides is 5. The molecule has 0 radical (unpaired) electrons. The lowest BCUT2D eigenvalue weighted by Crippen LogP contribution is -2.56. The summed E-state index contributed by atoms with van der Waals surface area (Å²) in [6, 6.07) is 29.0. The van der Waals surface area contributed by atoms with Gasteiger partial charge in [-0.25, -0.2) is 0 Å². The SMILES string of the molecule is C[C@H](NC(=O)Cc1ccc(C(=O)c2ccccc2)cc1)C(=O)N[C@H]1C(=O)N(CC(=O)NCCCCC(N)=O)c2ccccc2O[C@H]1c1ccccc1. The molecule has 0 fully saturated rings. The number of nitrogens with two attached hydrogens (primary N) is 1. The van der Waals surface area contributed by atoms with E-state index >= 15 is 0 Å². The van der Waals surface area contributed by atoms with Gasteiger partial charge in [0.1, 0.15) is 24.4 Å². The predicted octanol–water partition coefficient (Wildman–Crippen LogP) is 3.39. The van der Waals surface area contributed by atoms with Crippen molar-refractivity contribution in [3.63, 3.8) is 0 Å². The van der Waals surface area contributed by atoms with Crippen LogP contribution in [0.4, 0.5) is 5.69 Å². The zero-order valence-corrected chi connectivity index (χ0v) is 28.7. The maximum Gasteiger partial charge on any atom is 0.254 e. The Morgan fingerprint density at radius 3 is 2.12 bits per heavy atom. The Bertz CT molecular complexity index is 1900. The molecule has 12 nitrogen and oxygen atoms in total. The number of carbonyl (C=O) groups excluding carboxylic acids is 6. The number of hydrogen-bond acceptors (Lipinski definition) is 7. The Kier molecular flexibility index (Phi) is 12.5. The fourth-order valence-electron chi connectivity index (χ4n) is 5.81. The molecule has 0 bridgehead atoms. The molecule has 12 heteroatoms. The van der Waals surface area contributed by atoms with E-state index in [1.807, 2.05) is 12.1 Å². The van der Waals surface area contributed by atoms with Gasteiger partial charge < -0.3 is 26.4 Å². The summed E-state index contributed by atoms with van der Waals surface area (Å²) in [5.74, 6) is -2.31. The maximum absolute atomic E-state index is 14.4. The van der Waals surface area contributed by atoms with Crippen LogP contribution in [0.25, 0.3) is 0 Å².